The molecule has 0 fully saturated rings. The van der Waals surface area contributed by atoms with E-state index >= 15 is 0 Å². The van der Waals surface area contributed by atoms with Gasteiger partial charge in [0.05, 0.1) is 0 Å². The zero-order valence-corrected chi connectivity index (χ0v) is 4.44. The summed E-state index contributed by atoms with van der Waals surface area (Å²) in [4.78, 5) is 0. The van der Waals surface area contributed by atoms with Crippen LogP contribution in [-0.4, -0.2) is 21.9 Å². The van der Waals surface area contributed by atoms with Gasteiger partial charge in [0, 0.05) is 0 Å². The third-order valence-corrected chi connectivity index (χ3v) is 0. The summed E-state index contributed by atoms with van der Waals surface area (Å²) in [6.07, 6.45) is 0. The van der Waals surface area contributed by atoms with Crippen molar-refractivity contribution < 1.29 is 8.19 Å². The molecule has 0 aromatic carbocycles. The molecule has 0 aromatic rings. The van der Waals surface area contributed by atoms with Crippen LogP contribution in [0.25, 0.3) is 0 Å². The van der Waals surface area contributed by atoms with E-state index < -0.39 is 13.7 Å². The van der Waals surface area contributed by atoms with Crippen molar-refractivity contribution in [2.45, 2.75) is 0 Å². The van der Waals surface area contributed by atoms with E-state index in [1.165, 1.54) is 0 Å². The van der Waals surface area contributed by atoms with Crippen LogP contribution < -0.4 is 0 Å². The first-order chi connectivity index (χ1) is 1.73. The minimum atomic E-state index is -2.60. The van der Waals surface area contributed by atoms with Gasteiger partial charge >= 0.3 is 32.2 Å². The fourth-order valence-electron chi connectivity index (χ4n) is 0. The fourth-order valence-corrected chi connectivity index (χ4v) is 0. The van der Waals surface area contributed by atoms with Gasteiger partial charge in [-0.1, -0.05) is 0 Å². The molecule has 0 spiro atoms. The van der Waals surface area contributed by atoms with Gasteiger partial charge < -0.3 is 0 Å². The molecule has 0 saturated heterocycles. The average molecular weight is 141 g/mol. The Morgan fingerprint density at radius 1 is 1.50 bits per heavy atom. The third kappa shape index (κ3) is 16.0. The van der Waals surface area contributed by atoms with E-state index in [1.54, 1.807) is 0 Å². The molecule has 0 aliphatic carbocycles. The summed E-state index contributed by atoms with van der Waals surface area (Å²) in [5.74, 6) is 0. The van der Waals surface area contributed by atoms with Crippen LogP contribution in [0.1, 0.15) is 0 Å². The second-order valence-corrected chi connectivity index (χ2v) is 3.01. The van der Waals surface area contributed by atoms with Crippen molar-refractivity contribution >= 4 is 24.1 Å². The number of hydrogen-bond acceptors (Lipinski definition) is 1. The van der Waals surface area contributed by atoms with E-state index in [1.807, 2.05) is 0 Å². The quantitative estimate of drug-likeness (QED) is 0.432. The van der Waals surface area contributed by atoms with E-state index in [-0.39, 0.29) is 0 Å². The molecule has 2 N–H and O–H groups in total. The van der Waals surface area contributed by atoms with Gasteiger partial charge in [-0.3, -0.25) is 0 Å². The summed E-state index contributed by atoms with van der Waals surface area (Å²) in [7, 11) is 3.88. The summed E-state index contributed by atoms with van der Waals surface area (Å²) in [5.41, 5.74) is 0. The van der Waals surface area contributed by atoms with Crippen molar-refractivity contribution in [3.8, 4) is 0 Å². The molecule has 0 amide bonds. The van der Waals surface area contributed by atoms with Crippen LogP contribution in [0.3, 0.4) is 0 Å². The second kappa shape index (κ2) is 1.97. The Morgan fingerprint density at radius 3 is 1.50 bits per heavy atom. The molecule has 1 radical (unpaired) electrons. The molecule has 0 aliphatic rings. The molecular formula is H2AsO2S. The van der Waals surface area contributed by atoms with Crippen LogP contribution in [0.5, 0.6) is 0 Å². The van der Waals surface area contributed by atoms with Gasteiger partial charge in [0.15, 0.2) is 0 Å². The summed E-state index contributed by atoms with van der Waals surface area (Å²) < 4.78 is 15.1. The third-order valence-electron chi connectivity index (χ3n) is 0. The zero-order valence-electron chi connectivity index (χ0n) is 1.75. The van der Waals surface area contributed by atoms with Gasteiger partial charge in [0.25, 0.3) is 0 Å². The molecule has 0 heterocycles. The van der Waals surface area contributed by atoms with Gasteiger partial charge in [-0.2, -0.15) is 0 Å². The Balaban J connectivity index is 2.80. The predicted octanol–water partition coefficient (Wildman–Crippen LogP) is -0.847. The average Bonchev–Trinajstić information content (AvgIpc) is 0.811. The van der Waals surface area contributed by atoms with Crippen LogP contribution in [0.2, 0.25) is 0 Å². The molecule has 0 rings (SSSR count). The Kier molecular flexibility index (Phi) is 2.31. The molecule has 0 aliphatic heterocycles. The van der Waals surface area contributed by atoms with Gasteiger partial charge in [-0.25, -0.2) is 0 Å². The zero-order chi connectivity index (χ0) is 3.58. The van der Waals surface area contributed by atoms with Crippen LogP contribution in [-0.2, 0) is 0 Å². The van der Waals surface area contributed by atoms with Crippen molar-refractivity contribution in [2.75, 3.05) is 0 Å². The van der Waals surface area contributed by atoms with Crippen molar-refractivity contribution in [1.82, 2.24) is 0 Å². The Labute approximate surface area is 32.8 Å². The summed E-state index contributed by atoms with van der Waals surface area (Å²) >= 11 is -2.60. The predicted molar refractivity (Wildman–Crippen MR) is 17.8 cm³/mol. The molecule has 0 unspecified atom stereocenters. The normalized spacial score (nSPS) is 6.50. The molecular weight excluding hydrogens is 139 g/mol. The summed E-state index contributed by atoms with van der Waals surface area (Å²) in [5, 5.41) is 0. The SMILES string of the molecule is O[As](O)=S. The molecule has 4 heavy (non-hydrogen) atoms. The molecule has 4 heteroatoms. The standard InChI is InChI=1S/AsH2O2S/c2-1(3)4/h(H2,2,3,4). The van der Waals surface area contributed by atoms with Crippen LogP contribution >= 0.6 is 10.4 Å². The second-order valence-electron chi connectivity index (χ2n) is 0.253. The minimum absolute atomic E-state index is 2.60. The summed E-state index contributed by atoms with van der Waals surface area (Å²) in [6.45, 7) is 0. The maximum atomic E-state index is 7.57. The van der Waals surface area contributed by atoms with Crippen molar-refractivity contribution in [3.63, 3.8) is 0 Å². The first-order valence-corrected chi connectivity index (χ1v) is 4.92. The van der Waals surface area contributed by atoms with Gasteiger partial charge in [0.1, 0.15) is 0 Å². The molecule has 25 valence electrons. The fraction of sp³-hybridized carbons (Fsp3) is 0. The van der Waals surface area contributed by atoms with Crippen LogP contribution in [0.4, 0.5) is 0 Å². The van der Waals surface area contributed by atoms with E-state index in [0.29, 0.717) is 0 Å². The van der Waals surface area contributed by atoms with E-state index in [4.69, 9.17) is 8.19 Å². The molecule has 2 nitrogen and oxygen atoms in total. The van der Waals surface area contributed by atoms with Gasteiger partial charge in [0.2, 0.25) is 0 Å². The van der Waals surface area contributed by atoms with Crippen LogP contribution in [0.15, 0.2) is 0 Å². The van der Waals surface area contributed by atoms with Crippen molar-refractivity contribution in [2.24, 2.45) is 0 Å². The number of hydrogen-bond donors (Lipinski definition) is 2. The van der Waals surface area contributed by atoms with E-state index in [9.17, 15) is 0 Å². The Morgan fingerprint density at radius 2 is 1.50 bits per heavy atom. The maximum absolute atomic E-state index is 7.57. The van der Waals surface area contributed by atoms with Crippen LogP contribution in [0, 0.1) is 0 Å². The summed E-state index contributed by atoms with van der Waals surface area (Å²) in [6, 6.07) is 0. The Bertz CT molecular complexity index is 29.0. The molecule has 0 saturated carbocycles. The number of rotatable bonds is 0. The molecule has 0 atom stereocenters. The van der Waals surface area contributed by atoms with E-state index in [2.05, 4.69) is 10.4 Å². The van der Waals surface area contributed by atoms with Gasteiger partial charge in [-0.15, -0.1) is 0 Å². The van der Waals surface area contributed by atoms with Crippen molar-refractivity contribution in [3.05, 3.63) is 0 Å². The molecule has 0 aromatic heterocycles. The van der Waals surface area contributed by atoms with Crippen molar-refractivity contribution in [1.29, 1.82) is 0 Å². The monoisotopic (exact) mass is 141 g/mol. The van der Waals surface area contributed by atoms with Gasteiger partial charge in [-0.05, 0) is 0 Å². The molecule has 0 bridgehead atoms. The first kappa shape index (κ1) is 4.70. The van der Waals surface area contributed by atoms with E-state index in [0.717, 1.165) is 0 Å². The first-order valence-electron chi connectivity index (χ1n) is 0.583. The topological polar surface area (TPSA) is 40.5 Å². The Hall–Kier alpha value is 0.698.